The van der Waals surface area contributed by atoms with Crippen LogP contribution in [-0.4, -0.2) is 25.7 Å². The van der Waals surface area contributed by atoms with Crippen LogP contribution in [0.4, 0.5) is 5.69 Å². The highest BCUT2D eigenvalue weighted by Gasteiger charge is 2.16. The summed E-state index contributed by atoms with van der Waals surface area (Å²) in [5, 5.41) is 0.623. The van der Waals surface area contributed by atoms with E-state index in [1.165, 1.54) is 12.8 Å². The van der Waals surface area contributed by atoms with Crippen LogP contribution < -0.4 is 4.90 Å². The molecule has 92 valence electrons. The van der Waals surface area contributed by atoms with Crippen LogP contribution in [0.2, 0.25) is 5.02 Å². The Morgan fingerprint density at radius 2 is 2.12 bits per heavy atom. The first-order chi connectivity index (χ1) is 8.22. The number of hydrogen-bond acceptors (Lipinski definition) is 3. The maximum Gasteiger partial charge on any atom is 0.338 e. The van der Waals surface area contributed by atoms with Gasteiger partial charge < -0.3 is 9.64 Å². The highest BCUT2D eigenvalue weighted by atomic mass is 35.5. The third kappa shape index (κ3) is 2.72. The second-order valence-corrected chi connectivity index (χ2v) is 4.49. The van der Waals surface area contributed by atoms with E-state index in [1.807, 2.05) is 6.07 Å². The smallest absolute Gasteiger partial charge is 0.338 e. The molecule has 0 amide bonds. The molecule has 1 aromatic carbocycles. The average Bonchev–Trinajstić information content (AvgIpc) is 2.82. The Morgan fingerprint density at radius 1 is 1.41 bits per heavy atom. The predicted molar refractivity (Wildman–Crippen MR) is 68.9 cm³/mol. The topological polar surface area (TPSA) is 29.5 Å². The van der Waals surface area contributed by atoms with Crippen molar-refractivity contribution in [1.82, 2.24) is 0 Å². The van der Waals surface area contributed by atoms with Crippen molar-refractivity contribution in [2.24, 2.45) is 0 Å². The number of nitrogens with zero attached hydrogens (tertiary/aromatic N) is 1. The van der Waals surface area contributed by atoms with Gasteiger partial charge in [0.05, 0.1) is 22.9 Å². The monoisotopic (exact) mass is 253 g/mol. The zero-order chi connectivity index (χ0) is 12.3. The summed E-state index contributed by atoms with van der Waals surface area (Å²) in [7, 11) is 0. The van der Waals surface area contributed by atoms with Crippen molar-refractivity contribution in [2.45, 2.75) is 19.8 Å². The molecule has 1 saturated heterocycles. The van der Waals surface area contributed by atoms with Crippen molar-refractivity contribution >= 4 is 23.3 Å². The van der Waals surface area contributed by atoms with E-state index in [2.05, 4.69) is 4.90 Å². The van der Waals surface area contributed by atoms with Gasteiger partial charge in [0.25, 0.3) is 0 Å². The van der Waals surface area contributed by atoms with Crippen LogP contribution in [0.3, 0.4) is 0 Å². The molecule has 0 aromatic heterocycles. The van der Waals surface area contributed by atoms with Crippen LogP contribution in [0.15, 0.2) is 18.2 Å². The second-order valence-electron chi connectivity index (χ2n) is 4.08. The summed E-state index contributed by atoms with van der Waals surface area (Å²) in [6, 6.07) is 5.37. The van der Waals surface area contributed by atoms with E-state index >= 15 is 0 Å². The molecule has 1 aliphatic rings. The van der Waals surface area contributed by atoms with Crippen LogP contribution in [0, 0.1) is 0 Å². The lowest BCUT2D eigenvalue weighted by molar-refractivity contribution is 0.0526. The fraction of sp³-hybridized carbons (Fsp3) is 0.462. The Morgan fingerprint density at radius 3 is 2.71 bits per heavy atom. The van der Waals surface area contributed by atoms with E-state index in [-0.39, 0.29) is 5.97 Å². The summed E-state index contributed by atoms with van der Waals surface area (Å²) in [4.78, 5) is 13.8. The summed E-state index contributed by atoms with van der Waals surface area (Å²) in [5.74, 6) is -0.317. The maximum absolute atomic E-state index is 11.5. The number of carbonyl (C=O) groups is 1. The fourth-order valence-corrected chi connectivity index (χ4v) is 2.36. The molecule has 2 rings (SSSR count). The van der Waals surface area contributed by atoms with E-state index in [9.17, 15) is 4.79 Å². The predicted octanol–water partition coefficient (Wildman–Crippen LogP) is 3.12. The largest absolute Gasteiger partial charge is 0.462 e. The van der Waals surface area contributed by atoms with E-state index in [4.69, 9.17) is 16.3 Å². The second kappa shape index (κ2) is 5.41. The summed E-state index contributed by atoms with van der Waals surface area (Å²) in [6.07, 6.45) is 2.41. The van der Waals surface area contributed by atoms with Gasteiger partial charge in [0.2, 0.25) is 0 Å². The number of hydrogen-bond donors (Lipinski definition) is 0. The lowest BCUT2D eigenvalue weighted by Crippen LogP contribution is -2.18. The molecule has 1 fully saturated rings. The van der Waals surface area contributed by atoms with Gasteiger partial charge in [-0.15, -0.1) is 0 Å². The minimum atomic E-state index is -0.317. The molecule has 0 bridgehead atoms. The normalized spacial score (nSPS) is 15.1. The number of esters is 1. The van der Waals surface area contributed by atoms with Gasteiger partial charge >= 0.3 is 5.97 Å². The maximum atomic E-state index is 11.5. The van der Waals surface area contributed by atoms with E-state index in [0.29, 0.717) is 17.2 Å². The molecule has 1 heterocycles. The van der Waals surface area contributed by atoms with E-state index in [0.717, 1.165) is 18.8 Å². The van der Waals surface area contributed by atoms with Crippen LogP contribution >= 0.6 is 11.6 Å². The zero-order valence-electron chi connectivity index (χ0n) is 9.91. The average molecular weight is 254 g/mol. The van der Waals surface area contributed by atoms with Crippen molar-refractivity contribution in [3.63, 3.8) is 0 Å². The summed E-state index contributed by atoms with van der Waals surface area (Å²) in [6.45, 7) is 4.25. The molecule has 4 heteroatoms. The minimum Gasteiger partial charge on any atom is -0.462 e. The van der Waals surface area contributed by atoms with Crippen molar-refractivity contribution < 1.29 is 9.53 Å². The third-order valence-electron chi connectivity index (χ3n) is 2.91. The van der Waals surface area contributed by atoms with Crippen molar-refractivity contribution in [1.29, 1.82) is 0 Å². The van der Waals surface area contributed by atoms with E-state index < -0.39 is 0 Å². The zero-order valence-corrected chi connectivity index (χ0v) is 10.7. The molecule has 1 aromatic rings. The van der Waals surface area contributed by atoms with Gasteiger partial charge in [-0.3, -0.25) is 0 Å². The number of halogens is 1. The molecule has 0 atom stereocenters. The molecule has 17 heavy (non-hydrogen) atoms. The van der Waals surface area contributed by atoms with Crippen LogP contribution in [0.25, 0.3) is 0 Å². The molecule has 0 N–H and O–H groups in total. The quantitative estimate of drug-likeness (QED) is 0.776. The molecule has 1 aliphatic heterocycles. The van der Waals surface area contributed by atoms with Crippen LogP contribution in [0.5, 0.6) is 0 Å². The molecule has 0 aliphatic carbocycles. The molecule has 3 nitrogen and oxygen atoms in total. The first-order valence-electron chi connectivity index (χ1n) is 5.94. The van der Waals surface area contributed by atoms with E-state index in [1.54, 1.807) is 19.1 Å². The van der Waals surface area contributed by atoms with Gasteiger partial charge in [0, 0.05) is 13.1 Å². The Bertz CT molecular complexity index is 414. The van der Waals surface area contributed by atoms with Crippen LogP contribution in [-0.2, 0) is 4.74 Å². The van der Waals surface area contributed by atoms with Gasteiger partial charge in [-0.1, -0.05) is 11.6 Å². The van der Waals surface area contributed by atoms with Gasteiger partial charge in [-0.25, -0.2) is 4.79 Å². The number of ether oxygens (including phenoxy) is 1. The van der Waals surface area contributed by atoms with Crippen LogP contribution in [0.1, 0.15) is 30.1 Å². The molecule has 0 saturated carbocycles. The highest BCUT2D eigenvalue weighted by molar-refractivity contribution is 6.33. The molecule has 0 radical (unpaired) electrons. The van der Waals surface area contributed by atoms with Gasteiger partial charge in [0.1, 0.15) is 0 Å². The van der Waals surface area contributed by atoms with Crippen molar-refractivity contribution in [2.75, 3.05) is 24.6 Å². The fourth-order valence-electron chi connectivity index (χ4n) is 2.06. The van der Waals surface area contributed by atoms with Gasteiger partial charge in [0.15, 0.2) is 0 Å². The number of rotatable bonds is 3. The SMILES string of the molecule is CCOC(=O)c1ccc(N2CCCC2)c(Cl)c1. The Kier molecular flexibility index (Phi) is 3.89. The van der Waals surface area contributed by atoms with Gasteiger partial charge in [-0.05, 0) is 38.0 Å². The first-order valence-corrected chi connectivity index (χ1v) is 6.32. The Hall–Kier alpha value is -1.22. The lowest BCUT2D eigenvalue weighted by Gasteiger charge is -2.19. The number of carbonyl (C=O) groups excluding carboxylic acids is 1. The molecule has 0 spiro atoms. The van der Waals surface area contributed by atoms with Crippen molar-refractivity contribution in [3.05, 3.63) is 28.8 Å². The molecular weight excluding hydrogens is 238 g/mol. The number of anilines is 1. The van der Waals surface area contributed by atoms with Gasteiger partial charge in [-0.2, -0.15) is 0 Å². The first kappa shape index (κ1) is 12.2. The summed E-state index contributed by atoms with van der Waals surface area (Å²) < 4.78 is 4.94. The Labute approximate surface area is 106 Å². The summed E-state index contributed by atoms with van der Waals surface area (Å²) in [5.41, 5.74) is 1.53. The van der Waals surface area contributed by atoms with Crippen molar-refractivity contribution in [3.8, 4) is 0 Å². The highest BCUT2D eigenvalue weighted by Crippen LogP contribution is 2.29. The third-order valence-corrected chi connectivity index (χ3v) is 3.21. The Balaban J connectivity index is 2.19. The molecule has 0 unspecified atom stereocenters. The minimum absolute atomic E-state index is 0.317. The number of benzene rings is 1. The molecular formula is C13H16ClNO2. The standard InChI is InChI=1S/C13H16ClNO2/c1-2-17-13(16)10-5-6-12(11(14)9-10)15-7-3-4-8-15/h5-6,9H,2-4,7-8H2,1H3. The summed E-state index contributed by atoms with van der Waals surface area (Å²) >= 11 is 6.20. The lowest BCUT2D eigenvalue weighted by atomic mass is 10.2.